The summed E-state index contributed by atoms with van der Waals surface area (Å²) < 4.78 is 10.7. The molecule has 0 atom stereocenters. The van der Waals surface area contributed by atoms with Gasteiger partial charge in [0.2, 0.25) is 0 Å². The number of nitrogens with zero attached hydrogens (tertiary/aromatic N) is 4. The summed E-state index contributed by atoms with van der Waals surface area (Å²) in [5.74, 6) is -0.538. The number of non-ortho nitro benzene ring substituents is 1. The van der Waals surface area contributed by atoms with E-state index in [1.54, 1.807) is 0 Å². The molecule has 104 valence electrons. The highest BCUT2D eigenvalue weighted by atomic mass is 16.6. The summed E-state index contributed by atoms with van der Waals surface area (Å²) in [5, 5.41) is 14.7. The normalized spacial score (nSPS) is 10.1. The monoisotopic (exact) mass is 278 g/mol. The van der Waals surface area contributed by atoms with Crippen LogP contribution in [0.15, 0.2) is 24.5 Å². The molecule has 9 heteroatoms. The van der Waals surface area contributed by atoms with Crippen molar-refractivity contribution >= 4 is 11.7 Å². The molecule has 1 heterocycles. The Morgan fingerprint density at radius 1 is 1.35 bits per heavy atom. The molecule has 2 aromatic rings. The molecule has 0 saturated carbocycles. The molecule has 1 aromatic heterocycles. The Kier molecular flexibility index (Phi) is 3.60. The predicted molar refractivity (Wildman–Crippen MR) is 65.9 cm³/mol. The van der Waals surface area contributed by atoms with E-state index in [0.717, 1.165) is 0 Å². The topological polar surface area (TPSA) is 109 Å². The number of nitro benzene ring substituents is 1. The van der Waals surface area contributed by atoms with Crippen molar-refractivity contribution in [1.82, 2.24) is 14.8 Å². The van der Waals surface area contributed by atoms with Crippen LogP contribution in [-0.2, 0) is 4.74 Å². The quantitative estimate of drug-likeness (QED) is 0.465. The average molecular weight is 278 g/mol. The van der Waals surface area contributed by atoms with Crippen molar-refractivity contribution in [2.45, 2.75) is 0 Å². The minimum absolute atomic E-state index is 0.141. The first-order valence-corrected chi connectivity index (χ1v) is 5.39. The molecule has 2 rings (SSSR count). The summed E-state index contributed by atoms with van der Waals surface area (Å²) in [7, 11) is 2.60. The van der Waals surface area contributed by atoms with Gasteiger partial charge in [0, 0.05) is 12.1 Å². The van der Waals surface area contributed by atoms with Gasteiger partial charge in [0.15, 0.2) is 0 Å². The molecule has 0 amide bonds. The number of ether oxygens (including phenoxy) is 2. The minimum atomic E-state index is -0.693. The van der Waals surface area contributed by atoms with Crippen LogP contribution in [0, 0.1) is 10.1 Å². The molecule has 9 nitrogen and oxygen atoms in total. The van der Waals surface area contributed by atoms with Crippen LogP contribution in [0.1, 0.15) is 10.6 Å². The Morgan fingerprint density at radius 2 is 2.10 bits per heavy atom. The largest absolute Gasteiger partial charge is 0.496 e. The van der Waals surface area contributed by atoms with Gasteiger partial charge in [0.1, 0.15) is 12.1 Å². The van der Waals surface area contributed by atoms with Crippen LogP contribution in [0.4, 0.5) is 5.69 Å². The molecule has 0 N–H and O–H groups in total. The van der Waals surface area contributed by atoms with Gasteiger partial charge < -0.3 is 9.47 Å². The van der Waals surface area contributed by atoms with Gasteiger partial charge in [-0.15, -0.1) is 5.10 Å². The number of benzene rings is 1. The van der Waals surface area contributed by atoms with E-state index in [9.17, 15) is 14.9 Å². The van der Waals surface area contributed by atoms with Crippen LogP contribution in [0.3, 0.4) is 0 Å². The van der Waals surface area contributed by atoms with Gasteiger partial charge in [-0.2, -0.15) is 0 Å². The van der Waals surface area contributed by atoms with Crippen molar-refractivity contribution in [3.05, 3.63) is 40.5 Å². The van der Waals surface area contributed by atoms with Gasteiger partial charge in [0.25, 0.3) is 11.5 Å². The number of carbonyl (C=O) groups is 1. The third-order valence-electron chi connectivity index (χ3n) is 2.45. The first-order valence-electron chi connectivity index (χ1n) is 5.39. The van der Waals surface area contributed by atoms with Gasteiger partial charge in [-0.1, -0.05) is 0 Å². The van der Waals surface area contributed by atoms with E-state index in [2.05, 4.69) is 14.8 Å². The SMILES string of the molecule is COC(=O)c1ncn(-c2cc(OC)cc([N+](=O)[O-])c2)n1. The smallest absolute Gasteiger partial charge is 0.377 e. The van der Waals surface area contributed by atoms with E-state index >= 15 is 0 Å². The van der Waals surface area contributed by atoms with E-state index in [1.807, 2.05) is 0 Å². The van der Waals surface area contributed by atoms with Crippen molar-refractivity contribution in [3.63, 3.8) is 0 Å². The Labute approximate surface area is 112 Å². The third-order valence-corrected chi connectivity index (χ3v) is 2.45. The number of hydrogen-bond acceptors (Lipinski definition) is 7. The maximum absolute atomic E-state index is 11.3. The van der Waals surface area contributed by atoms with Crippen LogP contribution >= 0.6 is 0 Å². The van der Waals surface area contributed by atoms with Gasteiger partial charge >= 0.3 is 5.97 Å². The molecule has 1 aromatic carbocycles. The van der Waals surface area contributed by atoms with Crippen LogP contribution in [0.2, 0.25) is 0 Å². The molecule has 0 fully saturated rings. The fraction of sp³-hybridized carbons (Fsp3) is 0.182. The molecule has 0 radical (unpaired) electrons. The molecular weight excluding hydrogens is 268 g/mol. The zero-order valence-electron chi connectivity index (χ0n) is 10.6. The van der Waals surface area contributed by atoms with Gasteiger partial charge in [-0.25, -0.2) is 14.5 Å². The predicted octanol–water partition coefficient (Wildman–Crippen LogP) is 0.971. The van der Waals surface area contributed by atoms with Crippen LogP contribution in [0.25, 0.3) is 5.69 Å². The molecule has 0 aliphatic heterocycles. The molecular formula is C11H10N4O5. The average Bonchev–Trinajstić information content (AvgIpc) is 2.95. The van der Waals surface area contributed by atoms with Crippen molar-refractivity contribution in [2.24, 2.45) is 0 Å². The number of methoxy groups -OCH3 is 2. The fourth-order valence-corrected chi connectivity index (χ4v) is 1.50. The number of carbonyl (C=O) groups excluding carboxylic acids is 1. The summed E-state index contributed by atoms with van der Waals surface area (Å²) in [6, 6.07) is 4.10. The second kappa shape index (κ2) is 5.34. The summed E-state index contributed by atoms with van der Waals surface area (Å²) in [4.78, 5) is 25.3. The zero-order valence-corrected chi connectivity index (χ0v) is 10.6. The Morgan fingerprint density at radius 3 is 2.70 bits per heavy atom. The summed E-state index contributed by atoms with van der Waals surface area (Å²) in [6.07, 6.45) is 1.25. The Hall–Kier alpha value is -2.97. The highest BCUT2D eigenvalue weighted by Crippen LogP contribution is 2.24. The lowest BCUT2D eigenvalue weighted by Crippen LogP contribution is -2.05. The van der Waals surface area contributed by atoms with Gasteiger partial charge in [0.05, 0.1) is 30.9 Å². The van der Waals surface area contributed by atoms with Crippen molar-refractivity contribution in [3.8, 4) is 11.4 Å². The lowest BCUT2D eigenvalue weighted by molar-refractivity contribution is -0.384. The van der Waals surface area contributed by atoms with E-state index in [4.69, 9.17) is 4.74 Å². The second-order valence-electron chi connectivity index (χ2n) is 3.65. The molecule has 0 aliphatic rings. The third kappa shape index (κ3) is 2.55. The number of esters is 1. The number of aromatic nitrogens is 3. The maximum Gasteiger partial charge on any atom is 0.377 e. The molecule has 0 aliphatic carbocycles. The molecule has 0 spiro atoms. The van der Waals surface area contributed by atoms with Crippen molar-refractivity contribution in [2.75, 3.05) is 14.2 Å². The molecule has 0 bridgehead atoms. The number of rotatable bonds is 4. The second-order valence-corrected chi connectivity index (χ2v) is 3.65. The molecule has 0 saturated heterocycles. The summed E-state index contributed by atoms with van der Waals surface area (Å²) in [5.41, 5.74) is 0.188. The Balaban J connectivity index is 2.46. The van der Waals surface area contributed by atoms with Crippen LogP contribution in [0.5, 0.6) is 5.75 Å². The van der Waals surface area contributed by atoms with Crippen LogP contribution < -0.4 is 4.74 Å². The number of nitro groups is 1. The standard InChI is InChI=1S/C11H10N4O5/c1-19-9-4-7(3-8(5-9)15(17)18)14-6-12-10(13-14)11(16)20-2/h3-6H,1-2H3. The van der Waals surface area contributed by atoms with E-state index in [-0.39, 0.29) is 11.5 Å². The lowest BCUT2D eigenvalue weighted by Gasteiger charge is -2.04. The maximum atomic E-state index is 11.3. The van der Waals surface area contributed by atoms with Crippen molar-refractivity contribution < 1.29 is 19.2 Å². The lowest BCUT2D eigenvalue weighted by atomic mass is 10.2. The van der Waals surface area contributed by atoms with E-state index in [1.165, 1.54) is 43.4 Å². The minimum Gasteiger partial charge on any atom is -0.496 e. The zero-order chi connectivity index (χ0) is 14.7. The summed E-state index contributed by atoms with van der Waals surface area (Å²) >= 11 is 0. The van der Waals surface area contributed by atoms with E-state index < -0.39 is 10.9 Å². The molecule has 20 heavy (non-hydrogen) atoms. The first-order chi connectivity index (χ1) is 9.55. The van der Waals surface area contributed by atoms with Gasteiger partial charge in [-0.3, -0.25) is 10.1 Å². The highest BCUT2D eigenvalue weighted by molar-refractivity contribution is 5.84. The first kappa shape index (κ1) is 13.5. The van der Waals surface area contributed by atoms with Crippen molar-refractivity contribution in [1.29, 1.82) is 0 Å². The fourth-order valence-electron chi connectivity index (χ4n) is 1.50. The summed E-state index contributed by atoms with van der Waals surface area (Å²) in [6.45, 7) is 0. The highest BCUT2D eigenvalue weighted by Gasteiger charge is 2.15. The van der Waals surface area contributed by atoms with Crippen LogP contribution in [-0.4, -0.2) is 39.9 Å². The molecule has 0 unspecified atom stereocenters. The van der Waals surface area contributed by atoms with E-state index in [0.29, 0.717) is 11.4 Å². The number of hydrogen-bond donors (Lipinski definition) is 0. The Bertz CT molecular complexity index is 667. The van der Waals surface area contributed by atoms with Gasteiger partial charge in [-0.05, 0) is 0 Å².